The summed E-state index contributed by atoms with van der Waals surface area (Å²) < 4.78 is 0. The van der Waals surface area contributed by atoms with Crippen molar-refractivity contribution in [1.29, 1.82) is 0 Å². The highest BCUT2D eigenvalue weighted by Crippen LogP contribution is 2.23. The van der Waals surface area contributed by atoms with Crippen molar-refractivity contribution in [2.24, 2.45) is 0 Å². The van der Waals surface area contributed by atoms with Crippen molar-refractivity contribution in [3.05, 3.63) is 70.2 Å². The molecule has 2 rings (SSSR count). The summed E-state index contributed by atoms with van der Waals surface area (Å²) in [7, 11) is 0. The Balaban J connectivity index is 2.14. The van der Waals surface area contributed by atoms with Gasteiger partial charge in [-0.1, -0.05) is 68.8 Å². The SMILES string of the molecule is CC(C)NC(=O)C(C)N(Cc1cccc(Cl)c1)C(=O)CCc1ccc(C(C)(C)C)cc1. The van der Waals surface area contributed by atoms with Gasteiger partial charge in [-0.15, -0.1) is 0 Å². The molecular weight excluding hydrogens is 408 g/mol. The Bertz CT molecular complexity index is 885. The molecule has 0 spiro atoms. The molecule has 2 aromatic carbocycles. The Hall–Kier alpha value is -2.33. The predicted molar refractivity (Wildman–Crippen MR) is 128 cm³/mol. The fourth-order valence-electron chi connectivity index (χ4n) is 3.39. The van der Waals surface area contributed by atoms with Gasteiger partial charge >= 0.3 is 0 Å². The van der Waals surface area contributed by atoms with Crippen LogP contribution in [-0.2, 0) is 28.0 Å². The van der Waals surface area contributed by atoms with Gasteiger partial charge in [-0.25, -0.2) is 0 Å². The van der Waals surface area contributed by atoms with Gasteiger partial charge in [0.15, 0.2) is 0 Å². The molecule has 31 heavy (non-hydrogen) atoms. The minimum absolute atomic E-state index is 0.0133. The number of carbonyl (C=O) groups excluding carboxylic acids is 2. The number of hydrogen-bond donors (Lipinski definition) is 1. The highest BCUT2D eigenvalue weighted by molar-refractivity contribution is 6.30. The molecule has 0 heterocycles. The predicted octanol–water partition coefficient (Wildman–Crippen LogP) is 5.51. The number of amides is 2. The molecule has 0 saturated carbocycles. The molecule has 4 nitrogen and oxygen atoms in total. The van der Waals surface area contributed by atoms with Gasteiger partial charge in [0.2, 0.25) is 11.8 Å². The zero-order valence-corrected chi connectivity index (χ0v) is 20.3. The molecule has 2 amide bonds. The van der Waals surface area contributed by atoms with E-state index in [9.17, 15) is 9.59 Å². The molecule has 0 aliphatic rings. The summed E-state index contributed by atoms with van der Waals surface area (Å²) in [5.41, 5.74) is 3.38. The van der Waals surface area contributed by atoms with Gasteiger partial charge in [0, 0.05) is 24.0 Å². The monoisotopic (exact) mass is 442 g/mol. The summed E-state index contributed by atoms with van der Waals surface area (Å²) in [6.07, 6.45) is 0.975. The number of aryl methyl sites for hydroxylation is 1. The average molecular weight is 443 g/mol. The van der Waals surface area contributed by atoms with Crippen LogP contribution in [0.3, 0.4) is 0 Å². The minimum Gasteiger partial charge on any atom is -0.352 e. The van der Waals surface area contributed by atoms with Crippen molar-refractivity contribution in [2.75, 3.05) is 0 Å². The third-order valence-corrected chi connectivity index (χ3v) is 5.52. The molecule has 0 aliphatic heterocycles. The smallest absolute Gasteiger partial charge is 0.242 e. The zero-order valence-electron chi connectivity index (χ0n) is 19.5. The van der Waals surface area contributed by atoms with Crippen molar-refractivity contribution in [3.8, 4) is 0 Å². The molecule has 5 heteroatoms. The van der Waals surface area contributed by atoms with Crippen LogP contribution in [-0.4, -0.2) is 28.8 Å². The number of hydrogen-bond acceptors (Lipinski definition) is 2. The van der Waals surface area contributed by atoms with E-state index in [1.807, 2.05) is 32.0 Å². The lowest BCUT2D eigenvalue weighted by molar-refractivity contribution is -0.140. The molecule has 0 aromatic heterocycles. The average Bonchev–Trinajstić information content (AvgIpc) is 2.69. The number of carbonyl (C=O) groups is 2. The highest BCUT2D eigenvalue weighted by Gasteiger charge is 2.26. The van der Waals surface area contributed by atoms with E-state index in [0.29, 0.717) is 24.4 Å². The van der Waals surface area contributed by atoms with Gasteiger partial charge in [0.05, 0.1) is 0 Å². The lowest BCUT2D eigenvalue weighted by atomic mass is 9.86. The molecule has 1 unspecified atom stereocenters. The third kappa shape index (κ3) is 7.70. The summed E-state index contributed by atoms with van der Waals surface area (Å²) in [5, 5.41) is 3.52. The maximum absolute atomic E-state index is 13.2. The van der Waals surface area contributed by atoms with E-state index in [0.717, 1.165) is 11.1 Å². The second kappa shape index (κ2) is 10.8. The van der Waals surface area contributed by atoms with Gasteiger partial charge in [-0.3, -0.25) is 9.59 Å². The molecule has 0 fully saturated rings. The second-order valence-corrected chi connectivity index (χ2v) is 9.87. The van der Waals surface area contributed by atoms with Crippen molar-refractivity contribution in [1.82, 2.24) is 10.2 Å². The van der Waals surface area contributed by atoms with Gasteiger partial charge in [-0.2, -0.15) is 0 Å². The first-order chi connectivity index (χ1) is 14.5. The van der Waals surface area contributed by atoms with Crippen LogP contribution in [0.15, 0.2) is 48.5 Å². The number of nitrogens with one attached hydrogen (secondary N) is 1. The summed E-state index contributed by atoms with van der Waals surface area (Å²) in [5.74, 6) is -0.203. The number of nitrogens with zero attached hydrogens (tertiary/aromatic N) is 1. The summed E-state index contributed by atoms with van der Waals surface area (Å²) in [6, 6.07) is 15.3. The number of rotatable bonds is 8. The molecule has 1 N–H and O–H groups in total. The minimum atomic E-state index is -0.572. The van der Waals surface area contributed by atoms with Crippen LogP contribution < -0.4 is 5.32 Å². The maximum atomic E-state index is 13.2. The van der Waals surface area contributed by atoms with Crippen LogP contribution >= 0.6 is 11.6 Å². The number of halogens is 1. The summed E-state index contributed by atoms with van der Waals surface area (Å²) in [6.45, 7) is 12.5. The fourth-order valence-corrected chi connectivity index (χ4v) is 3.60. The summed E-state index contributed by atoms with van der Waals surface area (Å²) in [4.78, 5) is 27.5. The standard InChI is InChI=1S/C26H35ClN2O2/c1-18(2)28-25(31)19(3)29(17-21-8-7-9-23(27)16-21)24(30)15-12-20-10-13-22(14-11-20)26(4,5)6/h7-11,13-14,16,18-19H,12,15,17H2,1-6H3,(H,28,31). The Morgan fingerprint density at radius 3 is 2.19 bits per heavy atom. The van der Waals surface area contributed by atoms with Crippen LogP contribution in [0.5, 0.6) is 0 Å². The van der Waals surface area contributed by atoms with Crippen LogP contribution in [0.25, 0.3) is 0 Å². The molecule has 2 aromatic rings. The van der Waals surface area contributed by atoms with E-state index >= 15 is 0 Å². The Morgan fingerprint density at radius 1 is 1.00 bits per heavy atom. The van der Waals surface area contributed by atoms with Crippen molar-refractivity contribution >= 4 is 23.4 Å². The van der Waals surface area contributed by atoms with E-state index in [1.54, 1.807) is 17.9 Å². The molecule has 0 aliphatic carbocycles. The number of benzene rings is 2. The lowest BCUT2D eigenvalue weighted by Gasteiger charge is -2.29. The molecule has 0 saturated heterocycles. The normalized spacial score (nSPS) is 12.5. The van der Waals surface area contributed by atoms with Crippen molar-refractivity contribution in [3.63, 3.8) is 0 Å². The quantitative estimate of drug-likeness (QED) is 0.585. The van der Waals surface area contributed by atoms with E-state index < -0.39 is 6.04 Å². The fraction of sp³-hybridized carbons (Fsp3) is 0.462. The third-order valence-electron chi connectivity index (χ3n) is 5.29. The first kappa shape index (κ1) is 24.9. The van der Waals surface area contributed by atoms with Gasteiger partial charge in [-0.05, 0) is 61.4 Å². The van der Waals surface area contributed by atoms with Crippen LogP contribution in [0.1, 0.15) is 64.7 Å². The van der Waals surface area contributed by atoms with Crippen LogP contribution in [0.2, 0.25) is 5.02 Å². The van der Waals surface area contributed by atoms with Crippen LogP contribution in [0.4, 0.5) is 0 Å². The molecule has 0 radical (unpaired) electrons. The van der Waals surface area contributed by atoms with Gasteiger partial charge in [0.1, 0.15) is 6.04 Å². The zero-order chi connectivity index (χ0) is 23.2. The largest absolute Gasteiger partial charge is 0.352 e. The van der Waals surface area contributed by atoms with Crippen molar-refractivity contribution in [2.45, 2.75) is 78.4 Å². The van der Waals surface area contributed by atoms with Crippen LogP contribution in [0, 0.1) is 0 Å². The highest BCUT2D eigenvalue weighted by atomic mass is 35.5. The van der Waals surface area contributed by atoms with Gasteiger partial charge < -0.3 is 10.2 Å². The molecule has 168 valence electrons. The first-order valence-electron chi connectivity index (χ1n) is 10.9. The Kier molecular flexibility index (Phi) is 8.69. The van der Waals surface area contributed by atoms with Crippen molar-refractivity contribution < 1.29 is 9.59 Å². The molecule has 1 atom stereocenters. The van der Waals surface area contributed by atoms with E-state index in [1.165, 1.54) is 5.56 Å². The van der Waals surface area contributed by atoms with E-state index in [4.69, 9.17) is 11.6 Å². The van der Waals surface area contributed by atoms with E-state index in [-0.39, 0.29) is 23.3 Å². The van der Waals surface area contributed by atoms with Gasteiger partial charge in [0.25, 0.3) is 0 Å². The van der Waals surface area contributed by atoms with E-state index in [2.05, 4.69) is 50.4 Å². The first-order valence-corrected chi connectivity index (χ1v) is 11.3. The summed E-state index contributed by atoms with van der Waals surface area (Å²) >= 11 is 6.12. The molecule has 0 bridgehead atoms. The Morgan fingerprint density at radius 2 is 1.65 bits per heavy atom. The Labute approximate surface area is 192 Å². The topological polar surface area (TPSA) is 49.4 Å². The second-order valence-electron chi connectivity index (χ2n) is 9.44. The maximum Gasteiger partial charge on any atom is 0.242 e. The lowest BCUT2D eigenvalue weighted by Crippen LogP contribution is -2.49. The molecular formula is C26H35ClN2O2.